The summed E-state index contributed by atoms with van der Waals surface area (Å²) in [5.74, 6) is -0.122. The Hall–Kier alpha value is -1.79. The fourth-order valence-corrected chi connectivity index (χ4v) is 2.03. The summed E-state index contributed by atoms with van der Waals surface area (Å²) in [6, 6.07) is 6.99. The van der Waals surface area contributed by atoms with Gasteiger partial charge >= 0.3 is 6.03 Å². The molecular formula is C14H21ClN4O2. The van der Waals surface area contributed by atoms with Crippen LogP contribution in [0.2, 0.25) is 0 Å². The van der Waals surface area contributed by atoms with E-state index in [0.29, 0.717) is 25.2 Å². The SMILES string of the molecule is CC(N)CCNC(=O)c1ccc(N2CCNC2=O)cc1.Cl. The summed E-state index contributed by atoms with van der Waals surface area (Å²) in [4.78, 5) is 25.1. The van der Waals surface area contributed by atoms with Crippen LogP contribution in [-0.2, 0) is 0 Å². The van der Waals surface area contributed by atoms with Crippen molar-refractivity contribution in [2.24, 2.45) is 5.73 Å². The van der Waals surface area contributed by atoms with Crippen LogP contribution in [0, 0.1) is 0 Å². The summed E-state index contributed by atoms with van der Waals surface area (Å²) in [6.45, 7) is 3.77. The summed E-state index contributed by atoms with van der Waals surface area (Å²) in [5, 5.41) is 5.56. The molecule has 1 aliphatic rings. The largest absolute Gasteiger partial charge is 0.352 e. The minimum atomic E-state index is -0.122. The van der Waals surface area contributed by atoms with E-state index in [1.54, 1.807) is 29.2 Å². The Morgan fingerprint density at radius 3 is 2.62 bits per heavy atom. The highest BCUT2D eigenvalue weighted by molar-refractivity contribution is 5.96. The molecule has 1 aromatic carbocycles. The van der Waals surface area contributed by atoms with Gasteiger partial charge in [0, 0.05) is 36.9 Å². The molecule has 116 valence electrons. The van der Waals surface area contributed by atoms with Crippen LogP contribution in [0.4, 0.5) is 10.5 Å². The fraction of sp³-hybridized carbons (Fsp3) is 0.429. The molecule has 0 saturated carbocycles. The first-order valence-corrected chi connectivity index (χ1v) is 6.77. The van der Waals surface area contributed by atoms with Crippen LogP contribution >= 0.6 is 12.4 Å². The normalized spacial score (nSPS) is 15.1. The standard InChI is InChI=1S/C14H20N4O2.ClH/c1-10(15)6-7-16-13(19)11-2-4-12(5-3-11)18-9-8-17-14(18)20;/h2-5,10H,6-9,15H2,1H3,(H,16,19)(H,17,20);1H. The summed E-state index contributed by atoms with van der Waals surface area (Å²) in [6.07, 6.45) is 0.748. The molecule has 1 unspecified atom stereocenters. The summed E-state index contributed by atoms with van der Waals surface area (Å²) in [7, 11) is 0. The third kappa shape index (κ3) is 4.61. The third-order valence-electron chi connectivity index (χ3n) is 3.18. The van der Waals surface area contributed by atoms with Crippen molar-refractivity contribution >= 4 is 30.0 Å². The fourth-order valence-electron chi connectivity index (χ4n) is 2.03. The van der Waals surface area contributed by atoms with Crippen LogP contribution in [-0.4, -0.2) is 37.6 Å². The van der Waals surface area contributed by atoms with E-state index < -0.39 is 0 Å². The highest BCUT2D eigenvalue weighted by Crippen LogP contribution is 2.17. The van der Waals surface area contributed by atoms with E-state index in [0.717, 1.165) is 12.1 Å². The average molecular weight is 313 g/mol. The number of nitrogens with one attached hydrogen (secondary N) is 2. The molecule has 0 bridgehead atoms. The van der Waals surface area contributed by atoms with Crippen molar-refractivity contribution in [2.45, 2.75) is 19.4 Å². The number of nitrogens with two attached hydrogens (primary N) is 1. The lowest BCUT2D eigenvalue weighted by molar-refractivity contribution is 0.0953. The molecule has 0 aliphatic carbocycles. The zero-order valence-corrected chi connectivity index (χ0v) is 12.8. The molecule has 0 radical (unpaired) electrons. The Labute approximate surface area is 130 Å². The minimum Gasteiger partial charge on any atom is -0.352 e. The highest BCUT2D eigenvalue weighted by Gasteiger charge is 2.21. The molecule has 6 nitrogen and oxygen atoms in total. The van der Waals surface area contributed by atoms with Gasteiger partial charge < -0.3 is 16.4 Å². The van der Waals surface area contributed by atoms with Crippen LogP contribution < -0.4 is 21.3 Å². The summed E-state index contributed by atoms with van der Waals surface area (Å²) >= 11 is 0. The van der Waals surface area contributed by atoms with Gasteiger partial charge in [0.1, 0.15) is 0 Å². The smallest absolute Gasteiger partial charge is 0.321 e. The van der Waals surface area contributed by atoms with E-state index in [1.807, 2.05) is 6.92 Å². The van der Waals surface area contributed by atoms with E-state index in [1.165, 1.54) is 0 Å². The lowest BCUT2D eigenvalue weighted by atomic mass is 10.1. The maximum atomic E-state index is 11.9. The number of nitrogens with zero attached hydrogens (tertiary/aromatic N) is 1. The lowest BCUT2D eigenvalue weighted by Crippen LogP contribution is -2.29. The number of anilines is 1. The predicted octanol–water partition coefficient (Wildman–Crippen LogP) is 1.11. The van der Waals surface area contributed by atoms with Crippen molar-refractivity contribution in [3.8, 4) is 0 Å². The topological polar surface area (TPSA) is 87.5 Å². The quantitative estimate of drug-likeness (QED) is 0.761. The number of rotatable bonds is 5. The van der Waals surface area contributed by atoms with Crippen molar-refractivity contribution in [1.82, 2.24) is 10.6 Å². The van der Waals surface area contributed by atoms with Crippen molar-refractivity contribution in [1.29, 1.82) is 0 Å². The number of halogens is 1. The van der Waals surface area contributed by atoms with Crippen LogP contribution in [0.1, 0.15) is 23.7 Å². The van der Waals surface area contributed by atoms with Crippen molar-refractivity contribution in [3.05, 3.63) is 29.8 Å². The molecular weight excluding hydrogens is 292 g/mol. The second-order valence-electron chi connectivity index (χ2n) is 4.95. The van der Waals surface area contributed by atoms with Crippen LogP contribution in [0.5, 0.6) is 0 Å². The number of benzene rings is 1. The predicted molar refractivity (Wildman–Crippen MR) is 85.0 cm³/mol. The lowest BCUT2D eigenvalue weighted by Gasteiger charge is -2.14. The number of carbonyl (C=O) groups is 2. The minimum absolute atomic E-state index is 0. The Morgan fingerprint density at radius 2 is 2.10 bits per heavy atom. The summed E-state index contributed by atoms with van der Waals surface area (Å²) in [5.41, 5.74) is 7.01. The van der Waals surface area contributed by atoms with E-state index in [4.69, 9.17) is 5.73 Å². The number of hydrogen-bond donors (Lipinski definition) is 3. The molecule has 0 aromatic heterocycles. The molecule has 4 N–H and O–H groups in total. The maximum absolute atomic E-state index is 11.9. The van der Waals surface area contributed by atoms with Crippen LogP contribution in [0.15, 0.2) is 24.3 Å². The van der Waals surface area contributed by atoms with Gasteiger partial charge in [0.25, 0.3) is 5.91 Å². The highest BCUT2D eigenvalue weighted by atomic mass is 35.5. The monoisotopic (exact) mass is 312 g/mol. The molecule has 1 fully saturated rings. The molecule has 1 saturated heterocycles. The van der Waals surface area contributed by atoms with Crippen molar-refractivity contribution < 1.29 is 9.59 Å². The van der Waals surface area contributed by atoms with Gasteiger partial charge in [-0.2, -0.15) is 0 Å². The van der Waals surface area contributed by atoms with E-state index in [2.05, 4.69) is 10.6 Å². The Kier molecular flexibility index (Phi) is 6.45. The van der Waals surface area contributed by atoms with Gasteiger partial charge in [0.05, 0.1) is 0 Å². The third-order valence-corrected chi connectivity index (χ3v) is 3.18. The number of amides is 3. The first-order chi connectivity index (χ1) is 9.58. The molecule has 7 heteroatoms. The molecule has 1 heterocycles. The van der Waals surface area contributed by atoms with Gasteiger partial charge in [-0.1, -0.05) is 0 Å². The maximum Gasteiger partial charge on any atom is 0.321 e. The number of hydrogen-bond acceptors (Lipinski definition) is 3. The van der Waals surface area contributed by atoms with Gasteiger partial charge in [0.2, 0.25) is 0 Å². The Morgan fingerprint density at radius 1 is 1.43 bits per heavy atom. The van der Waals surface area contributed by atoms with E-state index in [-0.39, 0.29) is 30.4 Å². The molecule has 1 aliphatic heterocycles. The summed E-state index contributed by atoms with van der Waals surface area (Å²) < 4.78 is 0. The zero-order chi connectivity index (χ0) is 14.5. The molecule has 0 spiro atoms. The Bertz CT molecular complexity index is 490. The first kappa shape index (κ1) is 17.3. The molecule has 2 rings (SSSR count). The van der Waals surface area contributed by atoms with Crippen molar-refractivity contribution in [3.63, 3.8) is 0 Å². The van der Waals surface area contributed by atoms with Gasteiger partial charge in [-0.05, 0) is 37.6 Å². The molecule has 21 heavy (non-hydrogen) atoms. The second-order valence-corrected chi connectivity index (χ2v) is 4.95. The average Bonchev–Trinajstić information content (AvgIpc) is 2.84. The van der Waals surface area contributed by atoms with Crippen molar-refractivity contribution in [2.75, 3.05) is 24.5 Å². The van der Waals surface area contributed by atoms with Crippen LogP contribution in [0.25, 0.3) is 0 Å². The molecule has 1 aromatic rings. The van der Waals surface area contributed by atoms with Gasteiger partial charge in [-0.25, -0.2) is 4.79 Å². The van der Waals surface area contributed by atoms with Gasteiger partial charge in [0.15, 0.2) is 0 Å². The van der Waals surface area contributed by atoms with Crippen LogP contribution in [0.3, 0.4) is 0 Å². The molecule has 3 amide bonds. The van der Waals surface area contributed by atoms with E-state index >= 15 is 0 Å². The zero-order valence-electron chi connectivity index (χ0n) is 12.0. The Balaban J connectivity index is 0.00000220. The number of urea groups is 1. The molecule has 1 atom stereocenters. The van der Waals surface area contributed by atoms with Gasteiger partial charge in [-0.15, -0.1) is 12.4 Å². The number of carbonyl (C=O) groups excluding carboxylic acids is 2. The van der Waals surface area contributed by atoms with E-state index in [9.17, 15) is 9.59 Å². The van der Waals surface area contributed by atoms with Gasteiger partial charge in [-0.3, -0.25) is 9.69 Å². The first-order valence-electron chi connectivity index (χ1n) is 6.77. The second kappa shape index (κ2) is 7.85.